The van der Waals surface area contributed by atoms with Gasteiger partial charge in [0.1, 0.15) is 12.6 Å². The third-order valence-electron chi connectivity index (χ3n) is 1.70. The molecule has 15 heavy (non-hydrogen) atoms. The van der Waals surface area contributed by atoms with Gasteiger partial charge in [0, 0.05) is 0 Å². The predicted molar refractivity (Wildman–Crippen MR) is 54.1 cm³/mol. The van der Waals surface area contributed by atoms with Gasteiger partial charge < -0.3 is 16.2 Å². The third kappa shape index (κ3) is 3.07. The number of hydrogen-bond donors (Lipinski definition) is 2. The molecule has 0 spiro atoms. The van der Waals surface area contributed by atoms with Crippen LogP contribution in [0, 0.1) is 5.82 Å². The zero-order valence-electron chi connectivity index (χ0n) is 7.74. The van der Waals surface area contributed by atoms with Gasteiger partial charge in [-0.15, -0.1) is 0 Å². The average Bonchev–Trinajstić information content (AvgIpc) is 2.19. The van der Waals surface area contributed by atoms with Crippen molar-refractivity contribution < 1.29 is 13.9 Å². The smallest absolute Gasteiger partial charge is 0.237 e. The maximum absolute atomic E-state index is 13.2. The van der Waals surface area contributed by atoms with Crippen LogP contribution in [-0.4, -0.2) is 18.6 Å². The lowest BCUT2D eigenvalue weighted by atomic mass is 10.3. The van der Waals surface area contributed by atoms with Gasteiger partial charge >= 0.3 is 0 Å². The lowest BCUT2D eigenvalue weighted by Crippen LogP contribution is -2.41. The molecule has 1 rings (SSSR count). The second-order valence-corrected chi connectivity index (χ2v) is 3.28. The molecule has 4 nitrogen and oxygen atoms in total. The van der Waals surface area contributed by atoms with Crippen LogP contribution in [0.25, 0.3) is 0 Å². The van der Waals surface area contributed by atoms with Crippen molar-refractivity contribution in [2.75, 3.05) is 6.61 Å². The molecule has 1 aromatic rings. The summed E-state index contributed by atoms with van der Waals surface area (Å²) in [5.74, 6) is -1.45. The number of carbonyl (C=O) groups is 1. The van der Waals surface area contributed by atoms with E-state index in [0.29, 0.717) is 0 Å². The van der Waals surface area contributed by atoms with E-state index in [4.69, 9.17) is 27.8 Å². The van der Waals surface area contributed by atoms with Gasteiger partial charge in [0.05, 0.1) is 5.02 Å². The zero-order chi connectivity index (χ0) is 11.4. The Morgan fingerprint density at radius 1 is 1.60 bits per heavy atom. The summed E-state index contributed by atoms with van der Waals surface area (Å²) in [5, 5.41) is -0.0554. The first kappa shape index (κ1) is 11.7. The normalized spacial score (nSPS) is 12.2. The molecule has 1 aromatic carbocycles. The van der Waals surface area contributed by atoms with E-state index in [-0.39, 0.29) is 17.4 Å². The molecular formula is C9H10ClFN2O2. The van der Waals surface area contributed by atoms with E-state index < -0.39 is 17.8 Å². The van der Waals surface area contributed by atoms with Crippen LogP contribution in [0.5, 0.6) is 5.75 Å². The van der Waals surface area contributed by atoms with Crippen LogP contribution in [0.4, 0.5) is 4.39 Å². The summed E-state index contributed by atoms with van der Waals surface area (Å²) in [5.41, 5.74) is 10.2. The Balaban J connectivity index is 2.66. The molecule has 1 atom stereocenters. The fourth-order valence-electron chi connectivity index (χ4n) is 0.857. The highest BCUT2D eigenvalue weighted by Gasteiger charge is 2.12. The number of ether oxygens (including phenoxy) is 1. The Hall–Kier alpha value is -1.33. The first-order chi connectivity index (χ1) is 7.02. The summed E-state index contributed by atoms with van der Waals surface area (Å²) in [6.07, 6.45) is 0. The Kier molecular flexibility index (Phi) is 3.88. The molecule has 82 valence electrons. The predicted octanol–water partition coefficient (Wildman–Crippen LogP) is 0.671. The topological polar surface area (TPSA) is 78.3 Å². The Bertz CT molecular complexity index is 373. The minimum absolute atomic E-state index is 0.0554. The van der Waals surface area contributed by atoms with Gasteiger partial charge in [-0.1, -0.05) is 17.7 Å². The van der Waals surface area contributed by atoms with Crippen molar-refractivity contribution in [2.45, 2.75) is 6.04 Å². The van der Waals surface area contributed by atoms with Crippen LogP contribution in [0.3, 0.4) is 0 Å². The Labute approximate surface area is 90.9 Å². The van der Waals surface area contributed by atoms with Gasteiger partial charge in [0.15, 0.2) is 11.6 Å². The number of hydrogen-bond acceptors (Lipinski definition) is 3. The monoisotopic (exact) mass is 232 g/mol. The molecule has 0 bridgehead atoms. The van der Waals surface area contributed by atoms with Crippen LogP contribution >= 0.6 is 11.6 Å². The van der Waals surface area contributed by atoms with Crippen molar-refractivity contribution in [1.29, 1.82) is 0 Å². The molecule has 0 aromatic heterocycles. The minimum Gasteiger partial charge on any atom is -0.488 e. The molecular weight excluding hydrogens is 223 g/mol. The van der Waals surface area contributed by atoms with Crippen LogP contribution < -0.4 is 16.2 Å². The van der Waals surface area contributed by atoms with Crippen LogP contribution in [0.2, 0.25) is 5.02 Å². The van der Waals surface area contributed by atoms with Gasteiger partial charge in [-0.05, 0) is 12.1 Å². The molecule has 1 amide bonds. The van der Waals surface area contributed by atoms with Crippen molar-refractivity contribution >= 4 is 17.5 Å². The maximum atomic E-state index is 13.2. The van der Waals surface area contributed by atoms with E-state index in [1.807, 2.05) is 0 Å². The van der Waals surface area contributed by atoms with Crippen LogP contribution in [0.1, 0.15) is 0 Å². The van der Waals surface area contributed by atoms with Crippen LogP contribution in [0.15, 0.2) is 18.2 Å². The van der Waals surface area contributed by atoms with E-state index in [9.17, 15) is 9.18 Å². The van der Waals surface area contributed by atoms with Gasteiger partial charge in [0.2, 0.25) is 5.91 Å². The molecule has 4 N–H and O–H groups in total. The third-order valence-corrected chi connectivity index (χ3v) is 1.99. The molecule has 0 saturated carbocycles. The first-order valence-corrected chi connectivity index (χ1v) is 4.52. The Morgan fingerprint density at radius 2 is 2.27 bits per heavy atom. The fraction of sp³-hybridized carbons (Fsp3) is 0.222. The summed E-state index contributed by atoms with van der Waals surface area (Å²) in [6, 6.07) is 3.33. The van der Waals surface area contributed by atoms with Crippen molar-refractivity contribution in [2.24, 2.45) is 11.5 Å². The molecule has 0 aliphatic rings. The second kappa shape index (κ2) is 4.95. The van der Waals surface area contributed by atoms with E-state index >= 15 is 0 Å². The van der Waals surface area contributed by atoms with Gasteiger partial charge in [-0.3, -0.25) is 4.79 Å². The molecule has 1 unspecified atom stereocenters. The molecule has 0 fully saturated rings. The standard InChI is InChI=1S/C9H10ClFN2O2/c10-5-2-1-3-7(8(5)11)15-4-6(12)9(13)14/h1-3,6H,4,12H2,(H2,13,14). The minimum atomic E-state index is -0.969. The highest BCUT2D eigenvalue weighted by Crippen LogP contribution is 2.23. The van der Waals surface area contributed by atoms with Crippen molar-refractivity contribution in [3.05, 3.63) is 29.0 Å². The van der Waals surface area contributed by atoms with Crippen molar-refractivity contribution in [1.82, 2.24) is 0 Å². The number of nitrogens with two attached hydrogens (primary N) is 2. The molecule has 6 heteroatoms. The number of benzene rings is 1. The SMILES string of the molecule is NC(=O)C(N)COc1cccc(Cl)c1F. The molecule has 0 heterocycles. The van der Waals surface area contributed by atoms with Gasteiger partial charge in [-0.2, -0.15) is 0 Å². The quantitative estimate of drug-likeness (QED) is 0.801. The summed E-state index contributed by atoms with van der Waals surface area (Å²) < 4.78 is 18.2. The van der Waals surface area contributed by atoms with E-state index in [2.05, 4.69) is 0 Å². The summed E-state index contributed by atoms with van der Waals surface area (Å²) in [6.45, 7) is -0.188. The number of rotatable bonds is 4. The fourth-order valence-corrected chi connectivity index (χ4v) is 1.02. The number of primary amides is 1. The van der Waals surface area contributed by atoms with Gasteiger partial charge in [0.25, 0.3) is 0 Å². The van der Waals surface area contributed by atoms with Crippen LogP contribution in [-0.2, 0) is 4.79 Å². The second-order valence-electron chi connectivity index (χ2n) is 2.87. The Morgan fingerprint density at radius 3 is 2.87 bits per heavy atom. The summed E-state index contributed by atoms with van der Waals surface area (Å²) >= 11 is 5.51. The highest BCUT2D eigenvalue weighted by atomic mass is 35.5. The number of halogens is 2. The zero-order valence-corrected chi connectivity index (χ0v) is 8.50. The summed E-state index contributed by atoms with van der Waals surface area (Å²) in [7, 11) is 0. The lowest BCUT2D eigenvalue weighted by Gasteiger charge is -2.10. The molecule has 0 radical (unpaired) electrons. The molecule has 0 aliphatic carbocycles. The van der Waals surface area contributed by atoms with Crippen molar-refractivity contribution in [3.63, 3.8) is 0 Å². The van der Waals surface area contributed by atoms with E-state index in [0.717, 1.165) is 0 Å². The number of amides is 1. The largest absolute Gasteiger partial charge is 0.488 e. The molecule has 0 aliphatic heterocycles. The van der Waals surface area contributed by atoms with Gasteiger partial charge in [-0.25, -0.2) is 4.39 Å². The van der Waals surface area contributed by atoms with E-state index in [1.54, 1.807) is 0 Å². The van der Waals surface area contributed by atoms with Crippen molar-refractivity contribution in [3.8, 4) is 5.75 Å². The molecule has 0 saturated heterocycles. The average molecular weight is 233 g/mol. The number of carbonyl (C=O) groups excluding carboxylic acids is 1. The maximum Gasteiger partial charge on any atom is 0.237 e. The first-order valence-electron chi connectivity index (χ1n) is 4.14. The lowest BCUT2D eigenvalue weighted by molar-refractivity contribution is -0.119. The van der Waals surface area contributed by atoms with E-state index in [1.165, 1.54) is 18.2 Å². The highest BCUT2D eigenvalue weighted by molar-refractivity contribution is 6.30. The summed E-state index contributed by atoms with van der Waals surface area (Å²) in [4.78, 5) is 10.6.